The number of hydrogen-bond acceptors (Lipinski definition) is 3. The van der Waals surface area contributed by atoms with Gasteiger partial charge in [-0.1, -0.05) is 30.4 Å². The lowest BCUT2D eigenvalue weighted by Crippen LogP contribution is -2.33. The van der Waals surface area contributed by atoms with Gasteiger partial charge in [-0.25, -0.2) is 4.99 Å². The highest BCUT2D eigenvalue weighted by molar-refractivity contribution is 5.77. The molecule has 1 aromatic heterocycles. The summed E-state index contributed by atoms with van der Waals surface area (Å²) in [6.45, 7) is 3.30. The predicted octanol–water partition coefficient (Wildman–Crippen LogP) is 2.10. The van der Waals surface area contributed by atoms with Crippen molar-refractivity contribution in [3.8, 4) is 0 Å². The molecule has 3 rings (SSSR count). The molecule has 0 bridgehead atoms. The fraction of sp³-hybridized carbons (Fsp3) is 0.263. The van der Waals surface area contributed by atoms with E-state index in [1.165, 1.54) is 5.69 Å². The maximum absolute atomic E-state index is 5.92. The summed E-state index contributed by atoms with van der Waals surface area (Å²) >= 11 is 0. The summed E-state index contributed by atoms with van der Waals surface area (Å²) in [6, 6.07) is 14.4. The molecule has 24 heavy (non-hydrogen) atoms. The first kappa shape index (κ1) is 16.1. The van der Waals surface area contributed by atoms with Crippen LogP contribution < -0.4 is 16.0 Å². The van der Waals surface area contributed by atoms with Crippen LogP contribution in [0.5, 0.6) is 0 Å². The van der Waals surface area contributed by atoms with Crippen LogP contribution in [0.4, 0.5) is 5.69 Å². The molecule has 0 saturated heterocycles. The standard InChI is InChI=1S/C19H23N5/c20-19(22-12-10-17-5-1-2-11-21-17)23-15-16-6-8-18(9-7-16)24-13-3-4-14-24/h1-9,11H,10,12-15H2,(H3,20,22,23). The Morgan fingerprint density at radius 3 is 2.62 bits per heavy atom. The molecular weight excluding hydrogens is 298 g/mol. The fourth-order valence-electron chi connectivity index (χ4n) is 2.60. The minimum absolute atomic E-state index is 0.471. The van der Waals surface area contributed by atoms with Crippen LogP contribution >= 0.6 is 0 Å². The van der Waals surface area contributed by atoms with Crippen LogP contribution in [0.2, 0.25) is 0 Å². The Morgan fingerprint density at radius 1 is 1.12 bits per heavy atom. The van der Waals surface area contributed by atoms with Crippen LogP contribution in [-0.4, -0.2) is 30.6 Å². The maximum Gasteiger partial charge on any atom is 0.188 e. The molecule has 1 aliphatic heterocycles. The topological polar surface area (TPSA) is 66.5 Å². The van der Waals surface area contributed by atoms with Crippen LogP contribution in [0.25, 0.3) is 0 Å². The van der Waals surface area contributed by atoms with Crippen molar-refractivity contribution >= 4 is 11.6 Å². The van der Waals surface area contributed by atoms with Gasteiger partial charge in [0.2, 0.25) is 0 Å². The molecule has 0 atom stereocenters. The number of nitrogens with one attached hydrogen (secondary N) is 1. The number of aliphatic imine (C=N–C) groups is 1. The molecular formula is C19H23N5. The highest BCUT2D eigenvalue weighted by Crippen LogP contribution is 2.17. The van der Waals surface area contributed by atoms with Gasteiger partial charge in [0.1, 0.15) is 0 Å². The van der Waals surface area contributed by atoms with Gasteiger partial charge in [-0.05, 0) is 29.8 Å². The quantitative estimate of drug-likeness (QED) is 0.486. The predicted molar refractivity (Wildman–Crippen MR) is 99.1 cm³/mol. The Kier molecular flexibility index (Phi) is 5.45. The average Bonchev–Trinajstić information content (AvgIpc) is 3.16. The van der Waals surface area contributed by atoms with E-state index >= 15 is 0 Å². The van der Waals surface area contributed by atoms with Gasteiger partial charge in [-0.15, -0.1) is 0 Å². The molecule has 0 radical (unpaired) electrons. The molecule has 3 N–H and O–H groups in total. The number of anilines is 1. The summed E-state index contributed by atoms with van der Waals surface area (Å²) in [5.74, 6) is 0.471. The Balaban J connectivity index is 1.44. The summed E-state index contributed by atoms with van der Waals surface area (Å²) < 4.78 is 0. The fourth-order valence-corrected chi connectivity index (χ4v) is 2.60. The molecule has 0 aliphatic carbocycles. The molecule has 0 saturated carbocycles. The number of guanidine groups is 1. The van der Waals surface area contributed by atoms with E-state index in [1.54, 1.807) is 6.20 Å². The van der Waals surface area contributed by atoms with Gasteiger partial charge >= 0.3 is 0 Å². The maximum atomic E-state index is 5.92. The van der Waals surface area contributed by atoms with Gasteiger partial charge in [-0.3, -0.25) is 4.98 Å². The van der Waals surface area contributed by atoms with Crippen LogP contribution in [0.1, 0.15) is 11.3 Å². The minimum Gasteiger partial charge on any atom is -0.370 e. The monoisotopic (exact) mass is 321 g/mol. The molecule has 2 aromatic rings. The summed E-state index contributed by atoms with van der Waals surface area (Å²) in [7, 11) is 0. The SMILES string of the molecule is NC(=NCc1ccc(N2CC=CC2)cc1)NCCc1ccccn1. The average molecular weight is 321 g/mol. The summed E-state index contributed by atoms with van der Waals surface area (Å²) in [5, 5.41) is 3.13. The van der Waals surface area contributed by atoms with Crippen molar-refractivity contribution < 1.29 is 0 Å². The molecule has 0 unspecified atom stereocenters. The number of aromatic nitrogens is 1. The van der Waals surface area contributed by atoms with Gasteiger partial charge in [0, 0.05) is 43.6 Å². The zero-order chi connectivity index (χ0) is 16.6. The van der Waals surface area contributed by atoms with E-state index in [9.17, 15) is 0 Å². The third kappa shape index (κ3) is 4.59. The first-order valence-electron chi connectivity index (χ1n) is 8.24. The van der Waals surface area contributed by atoms with Crippen molar-refractivity contribution in [3.63, 3.8) is 0 Å². The molecule has 0 amide bonds. The first-order chi connectivity index (χ1) is 11.8. The van der Waals surface area contributed by atoms with Crippen molar-refractivity contribution in [2.24, 2.45) is 10.7 Å². The third-order valence-corrected chi connectivity index (χ3v) is 3.97. The molecule has 0 spiro atoms. The van der Waals surface area contributed by atoms with Crippen LogP contribution in [0.15, 0.2) is 65.8 Å². The number of benzene rings is 1. The normalized spacial score (nSPS) is 14.2. The van der Waals surface area contributed by atoms with Crippen molar-refractivity contribution in [3.05, 3.63) is 72.1 Å². The summed E-state index contributed by atoms with van der Waals surface area (Å²) in [4.78, 5) is 11.0. The lowest BCUT2D eigenvalue weighted by atomic mass is 10.2. The summed E-state index contributed by atoms with van der Waals surface area (Å²) in [5.41, 5.74) is 9.36. The molecule has 5 nitrogen and oxygen atoms in total. The van der Waals surface area contributed by atoms with Crippen molar-refractivity contribution in [1.29, 1.82) is 0 Å². The van der Waals surface area contributed by atoms with Gasteiger partial charge < -0.3 is 16.0 Å². The Morgan fingerprint density at radius 2 is 1.92 bits per heavy atom. The van der Waals surface area contributed by atoms with E-state index in [0.717, 1.165) is 37.3 Å². The smallest absolute Gasteiger partial charge is 0.188 e. The number of nitrogens with zero attached hydrogens (tertiary/aromatic N) is 3. The van der Waals surface area contributed by atoms with Crippen LogP contribution in [-0.2, 0) is 13.0 Å². The van der Waals surface area contributed by atoms with E-state index in [0.29, 0.717) is 12.5 Å². The van der Waals surface area contributed by atoms with E-state index in [2.05, 4.69) is 56.6 Å². The van der Waals surface area contributed by atoms with Crippen LogP contribution in [0.3, 0.4) is 0 Å². The lowest BCUT2D eigenvalue weighted by Gasteiger charge is -2.17. The zero-order valence-corrected chi connectivity index (χ0v) is 13.7. The minimum atomic E-state index is 0.471. The zero-order valence-electron chi connectivity index (χ0n) is 13.7. The van der Waals surface area contributed by atoms with Crippen molar-refractivity contribution in [2.75, 3.05) is 24.5 Å². The number of nitrogens with two attached hydrogens (primary N) is 1. The van der Waals surface area contributed by atoms with E-state index in [4.69, 9.17) is 5.73 Å². The highest BCUT2D eigenvalue weighted by atomic mass is 15.1. The van der Waals surface area contributed by atoms with Crippen molar-refractivity contribution in [1.82, 2.24) is 10.3 Å². The number of pyridine rings is 1. The van der Waals surface area contributed by atoms with Crippen molar-refractivity contribution in [2.45, 2.75) is 13.0 Å². The Hall–Kier alpha value is -2.82. The van der Waals surface area contributed by atoms with Gasteiger partial charge in [0.15, 0.2) is 5.96 Å². The number of rotatable bonds is 6. The van der Waals surface area contributed by atoms with Gasteiger partial charge in [0.25, 0.3) is 0 Å². The molecule has 1 aliphatic rings. The molecule has 2 heterocycles. The second-order valence-corrected chi connectivity index (χ2v) is 5.74. The molecule has 5 heteroatoms. The van der Waals surface area contributed by atoms with E-state index in [-0.39, 0.29) is 0 Å². The Bertz CT molecular complexity index is 683. The molecule has 0 fully saturated rings. The second-order valence-electron chi connectivity index (χ2n) is 5.74. The highest BCUT2D eigenvalue weighted by Gasteiger charge is 2.06. The lowest BCUT2D eigenvalue weighted by molar-refractivity contribution is 0.827. The van der Waals surface area contributed by atoms with Gasteiger partial charge in [-0.2, -0.15) is 0 Å². The summed E-state index contributed by atoms with van der Waals surface area (Å²) in [6.07, 6.45) is 7.01. The van der Waals surface area contributed by atoms with E-state index < -0.39 is 0 Å². The molecule has 1 aromatic carbocycles. The van der Waals surface area contributed by atoms with Gasteiger partial charge in [0.05, 0.1) is 6.54 Å². The largest absolute Gasteiger partial charge is 0.370 e. The second kappa shape index (κ2) is 8.15. The third-order valence-electron chi connectivity index (χ3n) is 3.97. The number of hydrogen-bond donors (Lipinski definition) is 2. The van der Waals surface area contributed by atoms with E-state index in [1.807, 2.05) is 18.2 Å². The Labute approximate surface area is 142 Å². The van der Waals surface area contributed by atoms with Crippen LogP contribution in [0, 0.1) is 0 Å². The molecule has 124 valence electrons. The first-order valence-corrected chi connectivity index (χ1v) is 8.24.